The zero-order chi connectivity index (χ0) is 74.7. The summed E-state index contributed by atoms with van der Waals surface area (Å²) in [7, 11) is -10.9. The van der Waals surface area contributed by atoms with E-state index in [2.05, 4.69) is 97.0 Å². The number of sulfonamides is 4. The lowest BCUT2D eigenvalue weighted by atomic mass is 10.2. The average Bonchev–Trinajstić information content (AvgIpc) is 0.772. The number of rotatable bonds is 17. The van der Waals surface area contributed by atoms with Gasteiger partial charge in [-0.05, 0) is 165 Å². The van der Waals surface area contributed by atoms with E-state index < -0.39 is 45.0 Å². The Labute approximate surface area is 631 Å². The lowest BCUT2D eigenvalue weighted by molar-refractivity contribution is 0.0382. The van der Waals surface area contributed by atoms with Crippen LogP contribution in [-0.2, 0) is 49.6 Å². The number of anilines is 2. The van der Waals surface area contributed by atoms with Crippen molar-refractivity contribution in [3.05, 3.63) is 197 Å². The lowest BCUT2D eigenvalue weighted by Crippen LogP contribution is -2.41. The predicted octanol–water partition coefficient (Wildman–Crippen LogP) is 9.38. The Morgan fingerprint density at radius 3 is 1.29 bits per heavy atom. The number of ether oxygens (including phenoxy) is 5. The standard InChI is InChI=1S/C20H24N2O2S.C14H15N3O5S3.C13H17ClN2O2.C7H8ClN3O4S2.2C7H8OS/c1-16-2-6-18(7-3-16)25-19-8-4-17(5-9-19)20(23)21-10-11-22-12-14-24-15-13-22;1-22-9-2-4-10(5-3-9)23-12-6-11-13(7-14(12)24(15,18)19)25(20,21)17-8-16-11;14-12-3-1-11(2-4-12)13(17)15-5-6-16-7-9-18-10-8-16;8-4-1-5-7(2-6(4)16(9,12)13)17(14,15)11-3-10-5;2*1-8-6-2-4-7(9)5-3-6/h2-9H,10-15H2,1H3,(H,21,23);2-7,16-17H,8H2,1H3,(H2,15,18,19);1-4H,5-10H2,(H,15,17);1-2,10-11H,3H2,(H2,9,12,13);2*2-5,9H,1H3. The van der Waals surface area contributed by atoms with Gasteiger partial charge in [0.05, 0.1) is 82.4 Å². The summed E-state index contributed by atoms with van der Waals surface area (Å²) < 4.78 is 124. The number of primary sulfonamides is 2. The molecule has 2 fully saturated rings. The van der Waals surface area contributed by atoms with E-state index in [1.165, 1.54) is 22.6 Å². The van der Waals surface area contributed by atoms with Gasteiger partial charge >= 0.3 is 0 Å². The molecule has 2 amide bonds. The Morgan fingerprint density at radius 1 is 0.524 bits per heavy atom. The monoisotopic (exact) mass is 1600 g/mol. The zero-order valence-corrected chi connectivity index (χ0v) is 64.5. The highest BCUT2D eigenvalue weighted by molar-refractivity contribution is 8.00. The number of fused-ring (bicyclic) bond motifs is 2. The summed E-state index contributed by atoms with van der Waals surface area (Å²) >= 11 is 22.6. The number of benzene rings is 8. The smallest absolute Gasteiger partial charge is 0.251 e. The number of aryl methyl sites for hydroxylation is 1. The van der Waals surface area contributed by atoms with Gasteiger partial charge in [-0.2, -0.15) is 9.44 Å². The van der Waals surface area contributed by atoms with Crippen molar-refractivity contribution in [2.24, 2.45) is 10.3 Å². The van der Waals surface area contributed by atoms with Crippen LogP contribution in [0.5, 0.6) is 17.2 Å². The molecule has 0 aromatic heterocycles. The highest BCUT2D eigenvalue weighted by Crippen LogP contribution is 2.39. The van der Waals surface area contributed by atoms with Crippen LogP contribution >= 0.6 is 72.0 Å². The van der Waals surface area contributed by atoms with Crippen LogP contribution in [0.3, 0.4) is 0 Å². The Bertz CT molecular complexity index is 4510. The van der Waals surface area contributed by atoms with Crippen molar-refractivity contribution in [3.8, 4) is 17.2 Å². The van der Waals surface area contributed by atoms with Gasteiger partial charge in [0.25, 0.3) is 11.8 Å². The fourth-order valence-corrected chi connectivity index (χ4v) is 16.1. The molecule has 0 bridgehead atoms. The number of nitrogens with one attached hydrogen (secondary N) is 6. The molecule has 35 heteroatoms. The van der Waals surface area contributed by atoms with E-state index in [4.69, 9.17) is 57.2 Å². The van der Waals surface area contributed by atoms with Gasteiger partial charge in [0.2, 0.25) is 40.1 Å². The molecule has 8 aromatic carbocycles. The number of methoxy groups -OCH3 is 3. The van der Waals surface area contributed by atoms with Crippen molar-refractivity contribution >= 4 is 135 Å². The second kappa shape index (κ2) is 40.6. The SMILES string of the molecule is COc1ccc(S)cc1.COc1ccc(S)cc1.COc1ccc(Sc2cc3c(cc2S(N)(=O)=O)S(=O)(=O)NCN3)cc1.Cc1ccc(Sc2ccc(C(=O)NCCN3CCOCC3)cc2)cc1.NS(=O)(=O)c1cc2c(cc1Cl)NCNS2(=O)=O.O=C(NCCN1CCOCC1)c1ccc(Cl)cc1. The third kappa shape index (κ3) is 27.5. The lowest BCUT2D eigenvalue weighted by Gasteiger charge is -2.26. The first-order chi connectivity index (χ1) is 49.0. The van der Waals surface area contributed by atoms with Crippen LogP contribution in [0.1, 0.15) is 26.3 Å². The Balaban J connectivity index is 0.000000179. The molecule has 0 saturated carbocycles. The third-order valence-electron chi connectivity index (χ3n) is 14.9. The molecule has 103 heavy (non-hydrogen) atoms. The summed E-state index contributed by atoms with van der Waals surface area (Å²) in [5.74, 6) is 2.33. The van der Waals surface area contributed by atoms with Gasteiger partial charge in [-0.25, -0.2) is 43.9 Å². The molecule has 2 saturated heterocycles. The molecule has 0 radical (unpaired) electrons. The van der Waals surface area contributed by atoms with E-state index in [9.17, 15) is 43.3 Å². The maximum absolute atomic E-state index is 12.2. The van der Waals surface area contributed by atoms with E-state index >= 15 is 0 Å². The maximum atomic E-state index is 12.2. The molecule has 8 aromatic rings. The highest BCUT2D eigenvalue weighted by Gasteiger charge is 2.29. The Kier molecular flexibility index (Phi) is 32.9. The van der Waals surface area contributed by atoms with Crippen LogP contribution < -0.4 is 55.2 Å². The van der Waals surface area contributed by atoms with Crippen LogP contribution in [0.25, 0.3) is 0 Å². The van der Waals surface area contributed by atoms with Crippen molar-refractivity contribution in [1.82, 2.24) is 29.9 Å². The van der Waals surface area contributed by atoms with Gasteiger partial charge in [0, 0.05) is 97.9 Å². The molecule has 10 N–H and O–H groups in total. The normalized spacial score (nSPS) is 15.0. The Hall–Kier alpha value is -6.84. The number of nitrogens with two attached hydrogens (primary N) is 2. The first-order valence-electron chi connectivity index (χ1n) is 31.3. The molecule has 0 aliphatic carbocycles. The maximum Gasteiger partial charge on any atom is 0.251 e. The second-order valence-electron chi connectivity index (χ2n) is 22.2. The van der Waals surface area contributed by atoms with E-state index in [-0.39, 0.29) is 50.5 Å². The van der Waals surface area contributed by atoms with Gasteiger partial charge < -0.3 is 45.0 Å². The number of hydrogen-bond donors (Lipinski definition) is 10. The van der Waals surface area contributed by atoms with Crippen LogP contribution in [0.2, 0.25) is 10.0 Å². The molecule has 4 aliphatic rings. The number of nitrogens with zero attached hydrogens (tertiary/aromatic N) is 2. The van der Waals surface area contributed by atoms with Gasteiger partial charge in [-0.15, -0.1) is 25.3 Å². The number of carbonyl (C=O) groups excluding carboxylic acids is 2. The second-order valence-corrected chi connectivity index (χ2v) is 32.9. The highest BCUT2D eigenvalue weighted by atomic mass is 35.5. The number of thiol groups is 2. The summed E-state index contributed by atoms with van der Waals surface area (Å²) in [5, 5.41) is 22.2. The minimum absolute atomic E-state index is 0.0138. The van der Waals surface area contributed by atoms with E-state index in [0.717, 1.165) is 121 Å². The molecule has 25 nitrogen and oxygen atoms in total. The number of halogens is 2. The summed E-state index contributed by atoms with van der Waals surface area (Å²) in [6, 6.07) is 49.9. The first-order valence-corrected chi connectivity index (χ1v) is 40.7. The largest absolute Gasteiger partial charge is 0.497 e. The molecule has 0 atom stereocenters. The quantitative estimate of drug-likeness (QED) is 0.0379. The van der Waals surface area contributed by atoms with Gasteiger partial charge in [0.1, 0.15) is 31.9 Å². The molecule has 554 valence electrons. The fourth-order valence-electron chi connectivity index (χ4n) is 9.39. The van der Waals surface area contributed by atoms with E-state index in [0.29, 0.717) is 45.6 Å². The van der Waals surface area contributed by atoms with Crippen LogP contribution in [-0.4, -0.2) is 169 Å². The van der Waals surface area contributed by atoms with Crippen LogP contribution in [0, 0.1) is 6.92 Å². The summed E-state index contributed by atoms with van der Waals surface area (Å²) in [4.78, 5) is 32.9. The van der Waals surface area contributed by atoms with Gasteiger partial charge in [0.15, 0.2) is 0 Å². The molecular weight excluding hydrogens is 1520 g/mol. The first kappa shape index (κ1) is 83.4. The van der Waals surface area contributed by atoms with Crippen molar-refractivity contribution in [2.75, 3.05) is 124 Å². The molecular formula is C68H80Cl2N10O15S8. The molecule has 4 aliphatic heterocycles. The molecule has 0 unspecified atom stereocenters. The van der Waals surface area contributed by atoms with Crippen molar-refractivity contribution in [3.63, 3.8) is 0 Å². The van der Waals surface area contributed by atoms with E-state index in [1.54, 1.807) is 81.6 Å². The Morgan fingerprint density at radius 2 is 0.883 bits per heavy atom. The summed E-state index contributed by atoms with van der Waals surface area (Å²) in [5.41, 5.74) is 3.16. The number of hydrogen-bond acceptors (Lipinski definition) is 23. The van der Waals surface area contributed by atoms with Crippen LogP contribution in [0.15, 0.2) is 219 Å². The van der Waals surface area contributed by atoms with Crippen molar-refractivity contribution < 1.29 is 66.9 Å². The summed E-state index contributed by atoms with van der Waals surface area (Å²) in [6.07, 6.45) is 0. The summed E-state index contributed by atoms with van der Waals surface area (Å²) in [6.45, 7) is 12.1. The predicted molar refractivity (Wildman–Crippen MR) is 408 cm³/mol. The molecule has 12 rings (SSSR count). The topological polar surface area (TPSA) is 348 Å². The minimum Gasteiger partial charge on any atom is -0.497 e. The van der Waals surface area contributed by atoms with Gasteiger partial charge in [-0.3, -0.25) is 19.4 Å². The van der Waals surface area contributed by atoms with Crippen LogP contribution in [0.4, 0.5) is 11.4 Å². The zero-order valence-electron chi connectivity index (χ0n) is 56.3. The number of morpholine rings is 2. The minimum atomic E-state index is -4.12. The molecule has 0 spiro atoms. The fraction of sp³-hybridized carbons (Fsp3) is 0.265. The number of amides is 2. The average molecular weight is 1600 g/mol. The number of carbonyl (C=O) groups is 2. The third-order valence-corrected chi connectivity index (χ3v) is 23.2. The van der Waals surface area contributed by atoms with E-state index in [1.807, 2.05) is 72.8 Å². The van der Waals surface area contributed by atoms with Gasteiger partial charge in [-0.1, -0.05) is 64.4 Å². The molecule has 4 heterocycles. The van der Waals surface area contributed by atoms with Crippen molar-refractivity contribution in [2.45, 2.75) is 55.9 Å². The van der Waals surface area contributed by atoms with Crippen molar-refractivity contribution in [1.29, 1.82) is 0 Å².